The molecule has 1 N–H and O–H groups in total. The standard InChI is InChI=1S/C24H27Cl2NO5/c1-4-17(15-30-2)32-18-13-11-16(12-14-18)7-5-10-21(24(29)31-3)27-23(28)22-19(25)8-6-9-20(22)26/h5-9,11-14,17,21H,4,10,15H2,1-3H3,(H,27,28)/b7-5+. The Hall–Kier alpha value is -2.54. The van der Waals surface area contributed by atoms with Crippen LogP contribution in [0.5, 0.6) is 5.75 Å². The Kier molecular flexibility index (Phi) is 10.5. The van der Waals surface area contributed by atoms with Crippen LogP contribution in [0.1, 0.15) is 35.7 Å². The van der Waals surface area contributed by atoms with Crippen molar-refractivity contribution in [3.63, 3.8) is 0 Å². The number of methoxy groups -OCH3 is 2. The van der Waals surface area contributed by atoms with Gasteiger partial charge in [0.05, 0.1) is 29.3 Å². The van der Waals surface area contributed by atoms with Crippen LogP contribution in [0.2, 0.25) is 10.0 Å². The van der Waals surface area contributed by atoms with Crippen molar-refractivity contribution >= 4 is 41.2 Å². The average molecular weight is 480 g/mol. The molecule has 32 heavy (non-hydrogen) atoms. The lowest BCUT2D eigenvalue weighted by Crippen LogP contribution is -2.41. The van der Waals surface area contributed by atoms with E-state index in [-0.39, 0.29) is 28.1 Å². The number of rotatable bonds is 11. The molecule has 2 aromatic rings. The Bertz CT molecular complexity index is 910. The minimum Gasteiger partial charge on any atom is -0.488 e. The van der Waals surface area contributed by atoms with Crippen molar-refractivity contribution in [2.75, 3.05) is 20.8 Å². The van der Waals surface area contributed by atoms with E-state index in [1.165, 1.54) is 7.11 Å². The number of benzene rings is 2. The highest BCUT2D eigenvalue weighted by atomic mass is 35.5. The summed E-state index contributed by atoms with van der Waals surface area (Å²) in [5.41, 5.74) is 1.03. The Morgan fingerprint density at radius 2 is 1.72 bits per heavy atom. The number of carbonyl (C=O) groups excluding carboxylic acids is 2. The van der Waals surface area contributed by atoms with Crippen molar-refractivity contribution in [3.05, 3.63) is 69.7 Å². The highest BCUT2D eigenvalue weighted by Gasteiger charge is 2.23. The van der Waals surface area contributed by atoms with Gasteiger partial charge in [-0.1, -0.05) is 60.5 Å². The number of esters is 1. The van der Waals surface area contributed by atoms with Gasteiger partial charge in [-0.2, -0.15) is 0 Å². The molecule has 2 rings (SSSR count). The molecule has 0 aliphatic rings. The van der Waals surface area contributed by atoms with Crippen LogP contribution in [-0.2, 0) is 14.3 Å². The molecule has 2 atom stereocenters. The first-order chi connectivity index (χ1) is 15.4. The molecule has 0 spiro atoms. The second kappa shape index (κ2) is 13.1. The summed E-state index contributed by atoms with van der Waals surface area (Å²) in [6.45, 7) is 2.56. The summed E-state index contributed by atoms with van der Waals surface area (Å²) >= 11 is 12.2. The molecule has 172 valence electrons. The van der Waals surface area contributed by atoms with E-state index in [1.54, 1.807) is 31.4 Å². The highest BCUT2D eigenvalue weighted by Crippen LogP contribution is 2.24. The summed E-state index contributed by atoms with van der Waals surface area (Å²) in [5, 5.41) is 3.04. The summed E-state index contributed by atoms with van der Waals surface area (Å²) in [6.07, 6.45) is 4.70. The van der Waals surface area contributed by atoms with Crippen molar-refractivity contribution in [1.82, 2.24) is 5.32 Å². The zero-order chi connectivity index (χ0) is 23.5. The normalized spacial score (nSPS) is 12.9. The Morgan fingerprint density at radius 3 is 2.28 bits per heavy atom. The van der Waals surface area contributed by atoms with Gasteiger partial charge in [0.15, 0.2) is 0 Å². The Labute approximate surface area is 198 Å². The first-order valence-electron chi connectivity index (χ1n) is 10.1. The van der Waals surface area contributed by atoms with E-state index in [1.807, 2.05) is 37.3 Å². The van der Waals surface area contributed by atoms with Crippen LogP contribution in [0, 0.1) is 0 Å². The molecule has 0 aliphatic heterocycles. The third kappa shape index (κ3) is 7.55. The molecule has 0 saturated carbocycles. The van der Waals surface area contributed by atoms with Gasteiger partial charge in [0, 0.05) is 7.11 Å². The van der Waals surface area contributed by atoms with Crippen molar-refractivity contribution in [3.8, 4) is 5.75 Å². The fourth-order valence-electron chi connectivity index (χ4n) is 2.91. The van der Waals surface area contributed by atoms with Crippen LogP contribution in [0.3, 0.4) is 0 Å². The smallest absolute Gasteiger partial charge is 0.328 e. The third-order valence-corrected chi connectivity index (χ3v) is 5.28. The van der Waals surface area contributed by atoms with Crippen molar-refractivity contribution in [1.29, 1.82) is 0 Å². The third-order valence-electron chi connectivity index (χ3n) is 4.65. The van der Waals surface area contributed by atoms with Gasteiger partial charge in [-0.15, -0.1) is 0 Å². The molecule has 0 aromatic heterocycles. The van der Waals surface area contributed by atoms with E-state index in [0.29, 0.717) is 6.61 Å². The monoisotopic (exact) mass is 479 g/mol. The summed E-state index contributed by atoms with van der Waals surface area (Å²) in [4.78, 5) is 24.8. The van der Waals surface area contributed by atoms with E-state index in [2.05, 4.69) is 5.32 Å². The summed E-state index contributed by atoms with van der Waals surface area (Å²) in [7, 11) is 2.91. The second-order valence-corrected chi connectivity index (χ2v) is 7.77. The maximum atomic E-state index is 12.6. The number of halogens is 2. The molecule has 0 fully saturated rings. The molecule has 6 nitrogen and oxygen atoms in total. The largest absolute Gasteiger partial charge is 0.488 e. The lowest BCUT2D eigenvalue weighted by molar-refractivity contribution is -0.142. The van der Waals surface area contributed by atoms with Gasteiger partial charge in [-0.05, 0) is 42.7 Å². The molecule has 1 amide bonds. The van der Waals surface area contributed by atoms with E-state index in [4.69, 9.17) is 37.4 Å². The molecule has 0 heterocycles. The number of hydrogen-bond donors (Lipinski definition) is 1. The van der Waals surface area contributed by atoms with E-state index >= 15 is 0 Å². The van der Waals surface area contributed by atoms with Crippen LogP contribution in [0.4, 0.5) is 0 Å². The maximum Gasteiger partial charge on any atom is 0.328 e. The number of hydrogen-bond acceptors (Lipinski definition) is 5. The van der Waals surface area contributed by atoms with E-state index in [9.17, 15) is 9.59 Å². The van der Waals surface area contributed by atoms with Crippen molar-refractivity contribution in [2.24, 2.45) is 0 Å². The van der Waals surface area contributed by atoms with Crippen LogP contribution in [0.15, 0.2) is 48.5 Å². The minimum atomic E-state index is -0.891. The molecule has 0 bridgehead atoms. The van der Waals surface area contributed by atoms with Gasteiger partial charge in [0.1, 0.15) is 17.9 Å². The van der Waals surface area contributed by atoms with Gasteiger partial charge in [-0.3, -0.25) is 4.79 Å². The molecule has 0 aliphatic carbocycles. The van der Waals surface area contributed by atoms with Crippen LogP contribution >= 0.6 is 23.2 Å². The van der Waals surface area contributed by atoms with Gasteiger partial charge in [-0.25, -0.2) is 4.79 Å². The zero-order valence-electron chi connectivity index (χ0n) is 18.3. The highest BCUT2D eigenvalue weighted by molar-refractivity contribution is 6.39. The molecule has 2 unspecified atom stereocenters. The summed E-state index contributed by atoms with van der Waals surface area (Å²) in [5.74, 6) is -0.367. The minimum absolute atomic E-state index is 0.00237. The van der Waals surface area contributed by atoms with Crippen LogP contribution in [-0.4, -0.2) is 44.8 Å². The number of amides is 1. The van der Waals surface area contributed by atoms with E-state index in [0.717, 1.165) is 17.7 Å². The van der Waals surface area contributed by atoms with Crippen LogP contribution < -0.4 is 10.1 Å². The van der Waals surface area contributed by atoms with Crippen LogP contribution in [0.25, 0.3) is 6.08 Å². The van der Waals surface area contributed by atoms with Gasteiger partial charge in [0.2, 0.25) is 0 Å². The molecule has 2 aromatic carbocycles. The SMILES string of the molecule is CCC(COC)Oc1ccc(/C=C/CC(NC(=O)c2c(Cl)cccc2Cl)C(=O)OC)cc1. The van der Waals surface area contributed by atoms with Gasteiger partial charge < -0.3 is 19.5 Å². The number of carbonyl (C=O) groups is 2. The first-order valence-corrected chi connectivity index (χ1v) is 10.9. The molecule has 0 radical (unpaired) electrons. The maximum absolute atomic E-state index is 12.6. The molecular formula is C24H27Cl2NO5. The van der Waals surface area contributed by atoms with Crippen molar-refractivity contribution < 1.29 is 23.8 Å². The summed E-state index contributed by atoms with van der Waals surface area (Å²) < 4.78 is 15.8. The lowest BCUT2D eigenvalue weighted by atomic mass is 10.1. The molecule has 8 heteroatoms. The Morgan fingerprint density at radius 1 is 1.06 bits per heavy atom. The lowest BCUT2D eigenvalue weighted by Gasteiger charge is -2.16. The zero-order valence-corrected chi connectivity index (χ0v) is 19.8. The first kappa shape index (κ1) is 25.7. The fourth-order valence-corrected chi connectivity index (χ4v) is 3.48. The van der Waals surface area contributed by atoms with E-state index < -0.39 is 17.9 Å². The number of nitrogens with one attached hydrogen (secondary N) is 1. The molecule has 0 saturated heterocycles. The fraction of sp³-hybridized carbons (Fsp3) is 0.333. The molecular weight excluding hydrogens is 453 g/mol. The summed E-state index contributed by atoms with van der Waals surface area (Å²) in [6, 6.07) is 11.4. The van der Waals surface area contributed by atoms with Crippen molar-refractivity contribution in [2.45, 2.75) is 31.9 Å². The predicted octanol–water partition coefficient (Wildman–Crippen LogP) is 5.17. The van der Waals surface area contributed by atoms with Gasteiger partial charge >= 0.3 is 5.97 Å². The topological polar surface area (TPSA) is 73.9 Å². The number of ether oxygens (including phenoxy) is 3. The van der Waals surface area contributed by atoms with Gasteiger partial charge in [0.25, 0.3) is 5.91 Å². The quantitative estimate of drug-likeness (QED) is 0.449. The Balaban J connectivity index is 2.02. The predicted molar refractivity (Wildman–Crippen MR) is 126 cm³/mol. The average Bonchev–Trinajstić information content (AvgIpc) is 2.78. The second-order valence-electron chi connectivity index (χ2n) is 6.96.